The van der Waals surface area contributed by atoms with Crippen LogP contribution in [0, 0.1) is 17.6 Å². The molecule has 1 saturated heterocycles. The Balaban J connectivity index is 1.86. The third-order valence-electron chi connectivity index (χ3n) is 3.50. The van der Waals surface area contributed by atoms with Crippen molar-refractivity contribution in [3.8, 4) is 0 Å². The zero-order valence-corrected chi connectivity index (χ0v) is 10.8. The molecule has 1 heterocycles. The number of hydrogen-bond acceptors (Lipinski definition) is 2. The molecule has 20 heavy (non-hydrogen) atoms. The molecule has 0 saturated carbocycles. The van der Waals surface area contributed by atoms with Gasteiger partial charge in [0, 0.05) is 19.5 Å². The van der Waals surface area contributed by atoms with Gasteiger partial charge in [0.05, 0.1) is 5.92 Å². The van der Waals surface area contributed by atoms with Crippen molar-refractivity contribution in [1.82, 2.24) is 4.90 Å². The zero-order valence-electron chi connectivity index (χ0n) is 10.8. The molecule has 1 N–H and O–H groups in total. The Kier molecular flexibility index (Phi) is 4.32. The summed E-state index contributed by atoms with van der Waals surface area (Å²) in [5, 5.41) is 8.86. The highest BCUT2D eigenvalue weighted by Crippen LogP contribution is 2.18. The first-order valence-electron chi connectivity index (χ1n) is 6.42. The van der Waals surface area contributed by atoms with E-state index in [0.717, 1.165) is 12.1 Å². The minimum Gasteiger partial charge on any atom is -0.481 e. The highest BCUT2D eigenvalue weighted by atomic mass is 19.2. The molecule has 108 valence electrons. The van der Waals surface area contributed by atoms with E-state index in [0.29, 0.717) is 24.9 Å². The normalized spacial score (nSPS) is 18.3. The van der Waals surface area contributed by atoms with Gasteiger partial charge in [0.15, 0.2) is 11.6 Å². The SMILES string of the molecule is O=C(O)C1CCN(C(=O)CCc2ccc(F)c(F)c2)C1. The molecule has 0 radical (unpaired) electrons. The Morgan fingerprint density at radius 3 is 2.65 bits per heavy atom. The third-order valence-corrected chi connectivity index (χ3v) is 3.50. The molecule has 1 aliphatic rings. The monoisotopic (exact) mass is 283 g/mol. The Morgan fingerprint density at radius 2 is 2.05 bits per heavy atom. The van der Waals surface area contributed by atoms with Crippen LogP contribution in [0.25, 0.3) is 0 Å². The lowest BCUT2D eigenvalue weighted by Gasteiger charge is -2.15. The number of carbonyl (C=O) groups is 2. The fourth-order valence-corrected chi connectivity index (χ4v) is 2.29. The van der Waals surface area contributed by atoms with Crippen molar-refractivity contribution in [2.45, 2.75) is 19.3 Å². The number of aryl methyl sites for hydroxylation is 1. The first-order valence-corrected chi connectivity index (χ1v) is 6.42. The molecule has 0 aliphatic carbocycles. The van der Waals surface area contributed by atoms with Crippen LogP contribution < -0.4 is 0 Å². The van der Waals surface area contributed by atoms with Crippen LogP contribution >= 0.6 is 0 Å². The maximum atomic E-state index is 13.0. The quantitative estimate of drug-likeness (QED) is 0.917. The summed E-state index contributed by atoms with van der Waals surface area (Å²) in [6.07, 6.45) is 0.938. The van der Waals surface area contributed by atoms with Crippen LogP contribution in [-0.2, 0) is 16.0 Å². The molecule has 1 unspecified atom stereocenters. The Morgan fingerprint density at radius 1 is 1.30 bits per heavy atom. The second-order valence-corrected chi connectivity index (χ2v) is 4.91. The Hall–Kier alpha value is -1.98. The molecule has 1 atom stereocenters. The lowest BCUT2D eigenvalue weighted by atomic mass is 10.1. The van der Waals surface area contributed by atoms with Crippen molar-refractivity contribution >= 4 is 11.9 Å². The number of amides is 1. The third kappa shape index (κ3) is 3.31. The molecule has 1 aromatic carbocycles. The predicted molar refractivity (Wildman–Crippen MR) is 67.0 cm³/mol. The lowest BCUT2D eigenvalue weighted by Crippen LogP contribution is -2.30. The van der Waals surface area contributed by atoms with E-state index in [1.807, 2.05) is 0 Å². The average molecular weight is 283 g/mol. The molecule has 0 bridgehead atoms. The molecule has 0 aromatic heterocycles. The summed E-state index contributed by atoms with van der Waals surface area (Å²) < 4.78 is 25.8. The van der Waals surface area contributed by atoms with E-state index in [-0.39, 0.29) is 18.9 Å². The van der Waals surface area contributed by atoms with Gasteiger partial charge in [0.2, 0.25) is 5.91 Å². The Bertz CT molecular complexity index is 533. The van der Waals surface area contributed by atoms with Gasteiger partial charge in [-0.05, 0) is 30.5 Å². The summed E-state index contributed by atoms with van der Waals surface area (Å²) in [4.78, 5) is 24.2. The molecule has 1 amide bonds. The number of carbonyl (C=O) groups excluding carboxylic acids is 1. The van der Waals surface area contributed by atoms with Gasteiger partial charge in [-0.2, -0.15) is 0 Å². The largest absolute Gasteiger partial charge is 0.481 e. The summed E-state index contributed by atoms with van der Waals surface area (Å²) in [5.74, 6) is -3.38. The molecule has 1 fully saturated rings. The number of carboxylic acids is 1. The number of nitrogens with zero attached hydrogens (tertiary/aromatic N) is 1. The van der Waals surface area contributed by atoms with Crippen LogP contribution in [0.1, 0.15) is 18.4 Å². The van der Waals surface area contributed by atoms with Gasteiger partial charge in [0.25, 0.3) is 0 Å². The molecule has 0 spiro atoms. The van der Waals surface area contributed by atoms with E-state index in [1.165, 1.54) is 11.0 Å². The van der Waals surface area contributed by atoms with Crippen LogP contribution in [0.2, 0.25) is 0 Å². The van der Waals surface area contributed by atoms with Gasteiger partial charge >= 0.3 is 5.97 Å². The standard InChI is InChI=1S/C14H15F2NO3/c15-11-3-1-9(7-12(11)16)2-4-13(18)17-6-5-10(8-17)14(19)20/h1,3,7,10H,2,4-6,8H2,(H,19,20). The van der Waals surface area contributed by atoms with E-state index >= 15 is 0 Å². The number of benzene rings is 1. The average Bonchev–Trinajstić information content (AvgIpc) is 2.89. The second kappa shape index (κ2) is 5.98. The summed E-state index contributed by atoms with van der Waals surface area (Å²) >= 11 is 0. The predicted octanol–water partition coefficient (Wildman–Crippen LogP) is 1.83. The number of carboxylic acid groups (broad SMARTS) is 1. The number of halogens is 2. The van der Waals surface area contributed by atoms with Crippen molar-refractivity contribution in [3.63, 3.8) is 0 Å². The zero-order chi connectivity index (χ0) is 14.7. The lowest BCUT2D eigenvalue weighted by molar-refractivity contribution is -0.141. The van der Waals surface area contributed by atoms with Crippen molar-refractivity contribution in [1.29, 1.82) is 0 Å². The second-order valence-electron chi connectivity index (χ2n) is 4.91. The molecule has 4 nitrogen and oxygen atoms in total. The summed E-state index contributed by atoms with van der Waals surface area (Å²) in [7, 11) is 0. The highest BCUT2D eigenvalue weighted by Gasteiger charge is 2.30. The smallest absolute Gasteiger partial charge is 0.308 e. The van der Waals surface area contributed by atoms with Crippen LogP contribution in [-0.4, -0.2) is 35.0 Å². The number of rotatable bonds is 4. The van der Waals surface area contributed by atoms with Crippen molar-refractivity contribution in [3.05, 3.63) is 35.4 Å². The highest BCUT2D eigenvalue weighted by molar-refractivity contribution is 5.78. The number of likely N-dealkylation sites (tertiary alicyclic amines) is 1. The fraction of sp³-hybridized carbons (Fsp3) is 0.429. The van der Waals surface area contributed by atoms with Crippen LogP contribution in [0.5, 0.6) is 0 Å². The van der Waals surface area contributed by atoms with Crippen molar-refractivity contribution < 1.29 is 23.5 Å². The molecular weight excluding hydrogens is 268 g/mol. The van der Waals surface area contributed by atoms with Gasteiger partial charge in [-0.3, -0.25) is 9.59 Å². The van der Waals surface area contributed by atoms with Gasteiger partial charge in [0.1, 0.15) is 0 Å². The van der Waals surface area contributed by atoms with Crippen molar-refractivity contribution in [2.75, 3.05) is 13.1 Å². The van der Waals surface area contributed by atoms with E-state index < -0.39 is 23.5 Å². The minimum absolute atomic E-state index is 0.154. The number of aliphatic carboxylic acids is 1. The van der Waals surface area contributed by atoms with Crippen molar-refractivity contribution in [2.24, 2.45) is 5.92 Å². The van der Waals surface area contributed by atoms with Crippen LogP contribution in [0.15, 0.2) is 18.2 Å². The van der Waals surface area contributed by atoms with E-state index in [4.69, 9.17) is 5.11 Å². The summed E-state index contributed by atoms with van der Waals surface area (Å²) in [6, 6.07) is 3.55. The molecule has 6 heteroatoms. The van der Waals surface area contributed by atoms with Gasteiger partial charge < -0.3 is 10.0 Å². The fourth-order valence-electron chi connectivity index (χ4n) is 2.29. The van der Waals surface area contributed by atoms with E-state index in [1.54, 1.807) is 0 Å². The first-order chi connectivity index (χ1) is 9.47. The maximum Gasteiger partial charge on any atom is 0.308 e. The first kappa shape index (κ1) is 14.4. The minimum atomic E-state index is -0.929. The topological polar surface area (TPSA) is 57.6 Å². The molecule has 1 aliphatic heterocycles. The molecular formula is C14H15F2NO3. The molecule has 2 rings (SSSR count). The maximum absolute atomic E-state index is 13.0. The van der Waals surface area contributed by atoms with Crippen LogP contribution in [0.4, 0.5) is 8.78 Å². The Labute approximate surface area is 115 Å². The molecule has 1 aromatic rings. The van der Waals surface area contributed by atoms with E-state index in [2.05, 4.69) is 0 Å². The van der Waals surface area contributed by atoms with Crippen LogP contribution in [0.3, 0.4) is 0 Å². The van der Waals surface area contributed by atoms with Gasteiger partial charge in [-0.15, -0.1) is 0 Å². The van der Waals surface area contributed by atoms with Gasteiger partial charge in [-0.25, -0.2) is 8.78 Å². The van der Waals surface area contributed by atoms with E-state index in [9.17, 15) is 18.4 Å². The summed E-state index contributed by atoms with van der Waals surface area (Å²) in [5.41, 5.74) is 0.547. The van der Waals surface area contributed by atoms with Gasteiger partial charge in [-0.1, -0.05) is 6.07 Å². The summed E-state index contributed by atoms with van der Waals surface area (Å²) in [6.45, 7) is 0.666. The number of hydrogen-bond donors (Lipinski definition) is 1.